The summed E-state index contributed by atoms with van der Waals surface area (Å²) in [5.41, 5.74) is 0.994. The van der Waals surface area contributed by atoms with Gasteiger partial charge in [-0.25, -0.2) is 4.98 Å². The summed E-state index contributed by atoms with van der Waals surface area (Å²) in [6.07, 6.45) is 0. The van der Waals surface area contributed by atoms with Crippen molar-refractivity contribution in [3.05, 3.63) is 57.5 Å². The van der Waals surface area contributed by atoms with E-state index >= 15 is 0 Å². The van der Waals surface area contributed by atoms with E-state index in [0.717, 1.165) is 15.2 Å². The number of aromatic nitrogens is 1. The summed E-state index contributed by atoms with van der Waals surface area (Å²) in [6.45, 7) is 0.403. The van der Waals surface area contributed by atoms with E-state index in [9.17, 15) is 0 Å². The van der Waals surface area contributed by atoms with Crippen molar-refractivity contribution in [3.8, 4) is 5.75 Å². The third-order valence-electron chi connectivity index (χ3n) is 2.58. The fraction of sp³-hybridized carbons (Fsp3) is 0.0714. The van der Waals surface area contributed by atoms with Crippen LogP contribution in [0.2, 0.25) is 10.0 Å². The highest BCUT2D eigenvalue weighted by Gasteiger charge is 2.06. The number of ether oxygens (including phenoxy) is 1. The molecular weight excluding hydrogens is 301 g/mol. The largest absolute Gasteiger partial charge is 0.485 e. The van der Waals surface area contributed by atoms with Gasteiger partial charge in [0.25, 0.3) is 0 Å². The van der Waals surface area contributed by atoms with Crippen molar-refractivity contribution < 1.29 is 4.74 Å². The molecule has 0 saturated carbocycles. The molecule has 96 valence electrons. The summed E-state index contributed by atoms with van der Waals surface area (Å²) in [4.78, 5) is 4.50. The Labute approximate surface area is 124 Å². The van der Waals surface area contributed by atoms with Gasteiger partial charge >= 0.3 is 0 Å². The Morgan fingerprint density at radius 2 is 1.95 bits per heavy atom. The summed E-state index contributed by atoms with van der Waals surface area (Å²) >= 11 is 13.5. The zero-order chi connectivity index (χ0) is 13.2. The van der Waals surface area contributed by atoms with Crippen LogP contribution in [0.5, 0.6) is 5.75 Å². The number of fused-ring (bicyclic) bond motifs is 1. The van der Waals surface area contributed by atoms with E-state index in [-0.39, 0.29) is 0 Å². The van der Waals surface area contributed by atoms with Crippen LogP contribution in [0.15, 0.2) is 42.5 Å². The molecule has 0 spiro atoms. The smallest absolute Gasteiger partial charge is 0.140 e. The van der Waals surface area contributed by atoms with E-state index in [1.54, 1.807) is 29.5 Å². The Hall–Kier alpha value is -1.29. The first-order valence-electron chi connectivity index (χ1n) is 5.65. The topological polar surface area (TPSA) is 22.1 Å². The molecule has 0 aliphatic heterocycles. The Morgan fingerprint density at radius 3 is 2.74 bits per heavy atom. The van der Waals surface area contributed by atoms with E-state index < -0.39 is 0 Å². The van der Waals surface area contributed by atoms with Gasteiger partial charge in [0.1, 0.15) is 17.4 Å². The molecule has 19 heavy (non-hydrogen) atoms. The molecule has 0 atom stereocenters. The Morgan fingerprint density at radius 1 is 1.11 bits per heavy atom. The normalized spacial score (nSPS) is 10.8. The van der Waals surface area contributed by atoms with Crippen LogP contribution in [-0.2, 0) is 6.61 Å². The molecule has 0 aliphatic carbocycles. The van der Waals surface area contributed by atoms with Gasteiger partial charge in [-0.3, -0.25) is 0 Å². The SMILES string of the molecule is Clc1ccc(OCc2nc3ccccc3s2)c(Cl)c1. The Bertz CT molecular complexity index is 693. The van der Waals surface area contributed by atoms with Crippen LogP contribution >= 0.6 is 34.5 Å². The zero-order valence-corrected chi connectivity index (χ0v) is 12.1. The first kappa shape index (κ1) is 12.7. The zero-order valence-electron chi connectivity index (χ0n) is 9.77. The lowest BCUT2D eigenvalue weighted by atomic mass is 10.3. The van der Waals surface area contributed by atoms with Crippen LogP contribution in [0.25, 0.3) is 10.2 Å². The number of rotatable bonds is 3. The van der Waals surface area contributed by atoms with Crippen LogP contribution in [0.3, 0.4) is 0 Å². The minimum atomic E-state index is 0.403. The molecule has 0 fully saturated rings. The number of thiazole rings is 1. The molecule has 2 nitrogen and oxygen atoms in total. The number of benzene rings is 2. The molecule has 0 unspecified atom stereocenters. The van der Waals surface area contributed by atoms with E-state index in [4.69, 9.17) is 27.9 Å². The van der Waals surface area contributed by atoms with Gasteiger partial charge in [0.05, 0.1) is 15.2 Å². The fourth-order valence-electron chi connectivity index (χ4n) is 1.71. The average molecular weight is 310 g/mol. The van der Waals surface area contributed by atoms with Crippen molar-refractivity contribution in [2.24, 2.45) is 0 Å². The van der Waals surface area contributed by atoms with Gasteiger partial charge in [-0.1, -0.05) is 35.3 Å². The van der Waals surface area contributed by atoms with Crippen molar-refractivity contribution in [2.75, 3.05) is 0 Å². The highest BCUT2D eigenvalue weighted by molar-refractivity contribution is 7.18. The quantitative estimate of drug-likeness (QED) is 0.665. The molecule has 1 heterocycles. The highest BCUT2D eigenvalue weighted by Crippen LogP contribution is 2.29. The molecule has 0 radical (unpaired) electrons. The van der Waals surface area contributed by atoms with Gasteiger partial charge in [-0.2, -0.15) is 0 Å². The van der Waals surface area contributed by atoms with Gasteiger partial charge in [0.2, 0.25) is 0 Å². The lowest BCUT2D eigenvalue weighted by molar-refractivity contribution is 0.306. The van der Waals surface area contributed by atoms with Crippen molar-refractivity contribution in [1.29, 1.82) is 0 Å². The molecule has 1 aromatic heterocycles. The molecule has 5 heteroatoms. The summed E-state index contributed by atoms with van der Waals surface area (Å²) in [6, 6.07) is 13.2. The second-order valence-electron chi connectivity index (χ2n) is 3.94. The molecule has 0 aliphatic rings. The molecule has 3 rings (SSSR count). The summed E-state index contributed by atoms with van der Waals surface area (Å²) in [5, 5.41) is 2.03. The number of nitrogens with zero attached hydrogens (tertiary/aromatic N) is 1. The predicted octanol–water partition coefficient (Wildman–Crippen LogP) is 5.18. The van der Waals surface area contributed by atoms with Gasteiger partial charge < -0.3 is 4.74 Å². The maximum absolute atomic E-state index is 6.05. The van der Waals surface area contributed by atoms with Crippen molar-refractivity contribution >= 4 is 44.8 Å². The van der Waals surface area contributed by atoms with Crippen LogP contribution < -0.4 is 4.74 Å². The summed E-state index contributed by atoms with van der Waals surface area (Å²) < 4.78 is 6.82. The van der Waals surface area contributed by atoms with Crippen LogP contribution in [0.1, 0.15) is 5.01 Å². The second-order valence-corrected chi connectivity index (χ2v) is 5.90. The van der Waals surface area contributed by atoms with E-state index in [2.05, 4.69) is 4.98 Å². The standard InChI is InChI=1S/C14H9Cl2NOS/c15-9-5-6-12(10(16)7-9)18-8-14-17-11-3-1-2-4-13(11)19-14/h1-7H,8H2. The second kappa shape index (κ2) is 5.37. The minimum absolute atomic E-state index is 0.403. The monoisotopic (exact) mass is 309 g/mol. The molecule has 0 saturated heterocycles. The fourth-order valence-corrected chi connectivity index (χ4v) is 3.06. The van der Waals surface area contributed by atoms with E-state index in [1.807, 2.05) is 24.3 Å². The summed E-state index contributed by atoms with van der Waals surface area (Å²) in [7, 11) is 0. The molecule has 0 N–H and O–H groups in total. The molecule has 0 amide bonds. The van der Waals surface area contributed by atoms with E-state index in [1.165, 1.54) is 0 Å². The maximum Gasteiger partial charge on any atom is 0.140 e. The Kier molecular flexibility index (Phi) is 3.60. The van der Waals surface area contributed by atoms with Crippen molar-refractivity contribution in [2.45, 2.75) is 6.61 Å². The molecular formula is C14H9Cl2NOS. The van der Waals surface area contributed by atoms with Crippen LogP contribution in [0, 0.1) is 0 Å². The lowest BCUT2D eigenvalue weighted by Crippen LogP contribution is -1.94. The minimum Gasteiger partial charge on any atom is -0.485 e. The van der Waals surface area contributed by atoms with Crippen LogP contribution in [0.4, 0.5) is 0 Å². The van der Waals surface area contributed by atoms with Gasteiger partial charge in [-0.15, -0.1) is 11.3 Å². The third-order valence-corrected chi connectivity index (χ3v) is 4.12. The van der Waals surface area contributed by atoms with Gasteiger partial charge in [0.15, 0.2) is 0 Å². The van der Waals surface area contributed by atoms with Crippen molar-refractivity contribution in [3.63, 3.8) is 0 Å². The first-order chi connectivity index (χ1) is 9.22. The number of halogens is 2. The predicted molar refractivity (Wildman–Crippen MR) is 80.4 cm³/mol. The van der Waals surface area contributed by atoms with E-state index in [0.29, 0.717) is 22.4 Å². The maximum atomic E-state index is 6.05. The van der Waals surface area contributed by atoms with Gasteiger partial charge in [0, 0.05) is 5.02 Å². The summed E-state index contributed by atoms with van der Waals surface area (Å²) in [5.74, 6) is 0.616. The number of para-hydroxylation sites is 1. The number of hydrogen-bond acceptors (Lipinski definition) is 3. The average Bonchev–Trinajstić information content (AvgIpc) is 2.80. The first-order valence-corrected chi connectivity index (χ1v) is 7.22. The van der Waals surface area contributed by atoms with Crippen LogP contribution in [-0.4, -0.2) is 4.98 Å². The third kappa shape index (κ3) is 2.84. The highest BCUT2D eigenvalue weighted by atomic mass is 35.5. The molecule has 3 aromatic rings. The van der Waals surface area contributed by atoms with Gasteiger partial charge in [-0.05, 0) is 30.3 Å². The Balaban J connectivity index is 1.78. The number of hydrogen-bond donors (Lipinski definition) is 0. The molecule has 2 aromatic carbocycles. The molecule has 0 bridgehead atoms. The van der Waals surface area contributed by atoms with Crippen molar-refractivity contribution in [1.82, 2.24) is 4.98 Å². The lowest BCUT2D eigenvalue weighted by Gasteiger charge is -2.05.